The third-order valence-corrected chi connectivity index (χ3v) is 2.78. The third-order valence-electron chi connectivity index (χ3n) is 2.78. The van der Waals surface area contributed by atoms with Crippen LogP contribution in [0.2, 0.25) is 0 Å². The fraction of sp³-hybridized carbons (Fsp3) is 0.176. The number of hydrogen-bond donors (Lipinski definition) is 0. The molecule has 0 aliphatic carbocycles. The summed E-state index contributed by atoms with van der Waals surface area (Å²) in [6.45, 7) is 4.77. The molecule has 0 atom stereocenters. The molecule has 0 fully saturated rings. The fourth-order valence-electron chi connectivity index (χ4n) is 1.79. The van der Waals surface area contributed by atoms with E-state index in [-0.39, 0.29) is 0 Å². The SMILES string of the molecule is CCOc1cc(/C=C/c2ccccc2)ccc1C. The molecule has 0 amide bonds. The van der Waals surface area contributed by atoms with Crippen molar-refractivity contribution >= 4 is 12.2 Å². The maximum Gasteiger partial charge on any atom is 0.122 e. The minimum absolute atomic E-state index is 0.701. The van der Waals surface area contributed by atoms with Crippen LogP contribution in [0.1, 0.15) is 23.6 Å². The largest absolute Gasteiger partial charge is 0.494 e. The molecule has 0 unspecified atom stereocenters. The summed E-state index contributed by atoms with van der Waals surface area (Å²) in [5.41, 5.74) is 3.54. The van der Waals surface area contributed by atoms with Crippen molar-refractivity contribution in [1.82, 2.24) is 0 Å². The minimum atomic E-state index is 0.701. The second kappa shape index (κ2) is 6.06. The normalized spacial score (nSPS) is 10.8. The Morgan fingerprint density at radius 3 is 2.39 bits per heavy atom. The van der Waals surface area contributed by atoms with Gasteiger partial charge < -0.3 is 4.74 Å². The van der Waals surface area contributed by atoms with Crippen molar-refractivity contribution in [3.8, 4) is 5.75 Å². The molecule has 0 aliphatic heterocycles. The Kier molecular flexibility index (Phi) is 4.19. The quantitative estimate of drug-likeness (QED) is 0.709. The summed E-state index contributed by atoms with van der Waals surface area (Å²) in [4.78, 5) is 0. The maximum absolute atomic E-state index is 5.60. The Morgan fingerprint density at radius 2 is 1.67 bits per heavy atom. The molecule has 1 nitrogen and oxygen atoms in total. The van der Waals surface area contributed by atoms with Gasteiger partial charge in [-0.3, -0.25) is 0 Å². The van der Waals surface area contributed by atoms with Crippen molar-refractivity contribution in [1.29, 1.82) is 0 Å². The van der Waals surface area contributed by atoms with E-state index < -0.39 is 0 Å². The Morgan fingerprint density at radius 1 is 0.944 bits per heavy atom. The predicted octanol–water partition coefficient (Wildman–Crippen LogP) is 4.56. The smallest absolute Gasteiger partial charge is 0.122 e. The molecule has 0 saturated heterocycles. The number of aryl methyl sites for hydroxylation is 1. The highest BCUT2D eigenvalue weighted by Gasteiger charge is 1.98. The van der Waals surface area contributed by atoms with Crippen molar-refractivity contribution in [2.75, 3.05) is 6.61 Å². The van der Waals surface area contributed by atoms with Gasteiger partial charge in [-0.1, -0.05) is 54.6 Å². The molecule has 92 valence electrons. The van der Waals surface area contributed by atoms with Gasteiger partial charge in [-0.25, -0.2) is 0 Å². The Bertz CT molecular complexity index is 527. The lowest BCUT2D eigenvalue weighted by molar-refractivity contribution is 0.338. The van der Waals surface area contributed by atoms with E-state index in [0.717, 1.165) is 11.3 Å². The van der Waals surface area contributed by atoms with E-state index in [9.17, 15) is 0 Å². The average Bonchev–Trinajstić information content (AvgIpc) is 2.41. The summed E-state index contributed by atoms with van der Waals surface area (Å²) in [7, 11) is 0. The zero-order valence-corrected chi connectivity index (χ0v) is 10.9. The average molecular weight is 238 g/mol. The van der Waals surface area contributed by atoms with E-state index in [0.29, 0.717) is 6.61 Å². The van der Waals surface area contributed by atoms with E-state index in [1.165, 1.54) is 11.1 Å². The van der Waals surface area contributed by atoms with Crippen LogP contribution in [0.3, 0.4) is 0 Å². The third kappa shape index (κ3) is 3.24. The molecule has 0 spiro atoms. The van der Waals surface area contributed by atoms with E-state index >= 15 is 0 Å². The highest BCUT2D eigenvalue weighted by Crippen LogP contribution is 2.21. The lowest BCUT2D eigenvalue weighted by Gasteiger charge is -2.07. The molecule has 0 aromatic heterocycles. The summed E-state index contributed by atoms with van der Waals surface area (Å²) in [6, 6.07) is 16.6. The zero-order valence-electron chi connectivity index (χ0n) is 10.9. The van der Waals surface area contributed by atoms with E-state index in [2.05, 4.69) is 49.4 Å². The second-order valence-corrected chi connectivity index (χ2v) is 4.20. The van der Waals surface area contributed by atoms with Crippen LogP contribution >= 0.6 is 0 Å². The van der Waals surface area contributed by atoms with Crippen molar-refractivity contribution in [3.05, 3.63) is 65.2 Å². The van der Waals surface area contributed by atoms with Gasteiger partial charge in [0.05, 0.1) is 6.61 Å². The summed E-state index contributed by atoms with van der Waals surface area (Å²) in [6.07, 6.45) is 4.22. The highest BCUT2D eigenvalue weighted by molar-refractivity contribution is 5.70. The number of hydrogen-bond acceptors (Lipinski definition) is 1. The zero-order chi connectivity index (χ0) is 12.8. The van der Waals surface area contributed by atoms with E-state index in [4.69, 9.17) is 4.74 Å². The lowest BCUT2D eigenvalue weighted by Crippen LogP contribution is -1.93. The molecule has 1 heteroatoms. The molecular weight excluding hydrogens is 220 g/mol. The number of ether oxygens (including phenoxy) is 1. The number of rotatable bonds is 4. The van der Waals surface area contributed by atoms with Crippen LogP contribution in [0.15, 0.2) is 48.5 Å². The summed E-state index contributed by atoms with van der Waals surface area (Å²) in [5, 5.41) is 0. The first-order valence-electron chi connectivity index (χ1n) is 6.26. The first-order chi connectivity index (χ1) is 8.79. The van der Waals surface area contributed by atoms with Crippen LogP contribution in [0, 0.1) is 6.92 Å². The summed E-state index contributed by atoms with van der Waals surface area (Å²) < 4.78 is 5.60. The topological polar surface area (TPSA) is 9.23 Å². The minimum Gasteiger partial charge on any atom is -0.494 e. The molecule has 0 aliphatic rings. The molecule has 0 heterocycles. The molecule has 2 rings (SSSR count). The highest BCUT2D eigenvalue weighted by atomic mass is 16.5. The van der Waals surface area contributed by atoms with Crippen LogP contribution in [-0.4, -0.2) is 6.61 Å². The number of benzene rings is 2. The predicted molar refractivity (Wildman–Crippen MR) is 77.7 cm³/mol. The van der Waals surface area contributed by atoms with E-state index in [1.807, 2.05) is 25.1 Å². The van der Waals surface area contributed by atoms with Crippen LogP contribution < -0.4 is 4.74 Å². The van der Waals surface area contributed by atoms with Gasteiger partial charge in [0, 0.05) is 0 Å². The van der Waals surface area contributed by atoms with Gasteiger partial charge >= 0.3 is 0 Å². The van der Waals surface area contributed by atoms with Gasteiger partial charge in [0.15, 0.2) is 0 Å². The van der Waals surface area contributed by atoms with Gasteiger partial charge in [-0.15, -0.1) is 0 Å². The van der Waals surface area contributed by atoms with Crippen LogP contribution in [0.5, 0.6) is 5.75 Å². The molecule has 2 aromatic carbocycles. The molecular formula is C17H18O. The van der Waals surface area contributed by atoms with Crippen molar-refractivity contribution < 1.29 is 4.74 Å². The van der Waals surface area contributed by atoms with Gasteiger partial charge in [-0.2, -0.15) is 0 Å². The summed E-state index contributed by atoms with van der Waals surface area (Å²) >= 11 is 0. The van der Waals surface area contributed by atoms with Gasteiger partial charge in [0.1, 0.15) is 5.75 Å². The lowest BCUT2D eigenvalue weighted by atomic mass is 10.1. The Hall–Kier alpha value is -2.02. The standard InChI is InChI=1S/C17H18O/c1-3-18-17-13-16(10-9-14(17)2)12-11-15-7-5-4-6-8-15/h4-13H,3H2,1-2H3/b12-11+. The molecule has 0 saturated carbocycles. The van der Waals surface area contributed by atoms with Crippen LogP contribution in [-0.2, 0) is 0 Å². The first kappa shape index (κ1) is 12.4. The monoisotopic (exact) mass is 238 g/mol. The van der Waals surface area contributed by atoms with Crippen molar-refractivity contribution in [2.24, 2.45) is 0 Å². The van der Waals surface area contributed by atoms with Crippen LogP contribution in [0.4, 0.5) is 0 Å². The maximum atomic E-state index is 5.60. The van der Waals surface area contributed by atoms with Crippen LogP contribution in [0.25, 0.3) is 12.2 Å². The van der Waals surface area contributed by atoms with E-state index in [1.54, 1.807) is 0 Å². The summed E-state index contributed by atoms with van der Waals surface area (Å²) in [5.74, 6) is 0.965. The first-order valence-corrected chi connectivity index (χ1v) is 6.26. The van der Waals surface area contributed by atoms with Gasteiger partial charge in [0.2, 0.25) is 0 Å². The molecule has 18 heavy (non-hydrogen) atoms. The van der Waals surface area contributed by atoms with Crippen molar-refractivity contribution in [3.63, 3.8) is 0 Å². The second-order valence-electron chi connectivity index (χ2n) is 4.20. The Balaban J connectivity index is 2.19. The van der Waals surface area contributed by atoms with Crippen molar-refractivity contribution in [2.45, 2.75) is 13.8 Å². The van der Waals surface area contributed by atoms with Gasteiger partial charge in [0.25, 0.3) is 0 Å². The molecule has 0 radical (unpaired) electrons. The molecule has 0 N–H and O–H groups in total. The fourth-order valence-corrected chi connectivity index (χ4v) is 1.79. The Labute approximate surface area is 109 Å². The molecule has 2 aromatic rings. The van der Waals surface area contributed by atoms with Gasteiger partial charge in [-0.05, 0) is 36.6 Å². The molecule has 0 bridgehead atoms.